The van der Waals surface area contributed by atoms with Crippen molar-refractivity contribution >= 4 is 29.0 Å². The molecule has 2 unspecified atom stereocenters. The Morgan fingerprint density at radius 1 is 1.69 bits per heavy atom. The van der Waals surface area contributed by atoms with Crippen molar-refractivity contribution in [2.24, 2.45) is 0 Å². The predicted octanol–water partition coefficient (Wildman–Crippen LogP) is 1.52. The third-order valence-corrected chi connectivity index (χ3v) is 4.38. The molecule has 1 heterocycles. The normalized spacial score (nSPS) is 14.4. The number of aliphatic hydroxyl groups is 1. The van der Waals surface area contributed by atoms with Crippen LogP contribution in [-0.2, 0) is 11.2 Å². The zero-order valence-corrected chi connectivity index (χ0v) is 11.1. The third-order valence-electron chi connectivity index (χ3n) is 2.34. The van der Waals surface area contributed by atoms with Crippen LogP contribution in [0.2, 0.25) is 0 Å². The van der Waals surface area contributed by atoms with Crippen LogP contribution in [0.15, 0.2) is 17.5 Å². The van der Waals surface area contributed by atoms with Crippen molar-refractivity contribution in [2.75, 3.05) is 12.9 Å². The lowest BCUT2D eigenvalue weighted by Crippen LogP contribution is -2.41. The average molecular weight is 259 g/mol. The second kappa shape index (κ2) is 6.93. The molecule has 0 radical (unpaired) electrons. The maximum atomic E-state index is 11.7. The van der Waals surface area contributed by atoms with Gasteiger partial charge >= 0.3 is 0 Å². The first-order valence-electron chi connectivity index (χ1n) is 5.12. The summed E-state index contributed by atoms with van der Waals surface area (Å²) in [5.74, 6) is 0.0162. The number of carbonyl (C=O) groups excluding carboxylic acids is 1. The number of thioether (sulfide) groups is 1. The molecule has 0 fully saturated rings. The second-order valence-corrected chi connectivity index (χ2v) is 5.68. The first-order chi connectivity index (χ1) is 7.67. The van der Waals surface area contributed by atoms with Gasteiger partial charge in [0, 0.05) is 16.2 Å². The summed E-state index contributed by atoms with van der Waals surface area (Å²) in [6.45, 7) is 2.01. The number of aliphatic hydroxyl groups excluding tert-OH is 1. The highest BCUT2D eigenvalue weighted by atomic mass is 32.2. The molecule has 2 atom stereocenters. The SMILES string of the molecule is CSC(CO)C(C)NC(=O)Cc1cccs1. The Hall–Kier alpha value is -0.520. The Bertz CT molecular complexity index is 310. The zero-order valence-electron chi connectivity index (χ0n) is 9.47. The van der Waals surface area contributed by atoms with Crippen LogP contribution in [0.5, 0.6) is 0 Å². The van der Waals surface area contributed by atoms with Crippen LogP contribution in [0.1, 0.15) is 11.8 Å². The van der Waals surface area contributed by atoms with E-state index in [2.05, 4.69) is 5.32 Å². The first kappa shape index (κ1) is 13.5. The Morgan fingerprint density at radius 2 is 2.44 bits per heavy atom. The average Bonchev–Trinajstić information content (AvgIpc) is 2.71. The summed E-state index contributed by atoms with van der Waals surface area (Å²) in [7, 11) is 0. The van der Waals surface area contributed by atoms with Crippen molar-refractivity contribution in [2.45, 2.75) is 24.6 Å². The van der Waals surface area contributed by atoms with Gasteiger partial charge in [0.15, 0.2) is 0 Å². The van der Waals surface area contributed by atoms with Gasteiger partial charge in [0.2, 0.25) is 5.91 Å². The standard InChI is InChI=1S/C11H17NO2S2/c1-8(10(7-13)15-2)12-11(14)6-9-4-3-5-16-9/h3-5,8,10,13H,6-7H2,1-2H3,(H,12,14). The number of nitrogens with one attached hydrogen (secondary N) is 1. The van der Waals surface area contributed by atoms with Crippen LogP contribution in [0.25, 0.3) is 0 Å². The molecule has 0 spiro atoms. The lowest BCUT2D eigenvalue weighted by molar-refractivity contribution is -0.121. The predicted molar refractivity (Wildman–Crippen MR) is 70.0 cm³/mol. The van der Waals surface area contributed by atoms with E-state index in [1.165, 1.54) is 0 Å². The zero-order chi connectivity index (χ0) is 12.0. The summed E-state index contributed by atoms with van der Waals surface area (Å²) in [6, 6.07) is 3.88. The fraction of sp³-hybridized carbons (Fsp3) is 0.545. The summed E-state index contributed by atoms with van der Waals surface area (Å²) in [6.07, 6.45) is 2.36. The van der Waals surface area contributed by atoms with Gasteiger partial charge in [0.25, 0.3) is 0 Å². The Labute approximate surface area is 104 Å². The van der Waals surface area contributed by atoms with Crippen molar-refractivity contribution in [3.8, 4) is 0 Å². The van der Waals surface area contributed by atoms with E-state index >= 15 is 0 Å². The lowest BCUT2D eigenvalue weighted by atomic mass is 10.2. The van der Waals surface area contributed by atoms with E-state index in [9.17, 15) is 4.79 Å². The van der Waals surface area contributed by atoms with Crippen LogP contribution >= 0.6 is 23.1 Å². The Morgan fingerprint density at radius 3 is 2.94 bits per heavy atom. The molecule has 1 amide bonds. The minimum atomic E-state index is -0.00698. The molecule has 5 heteroatoms. The topological polar surface area (TPSA) is 49.3 Å². The molecular formula is C11H17NO2S2. The number of thiophene rings is 1. The highest BCUT2D eigenvalue weighted by Gasteiger charge is 2.17. The molecule has 3 nitrogen and oxygen atoms in total. The number of carbonyl (C=O) groups is 1. The van der Waals surface area contributed by atoms with E-state index in [-0.39, 0.29) is 23.8 Å². The lowest BCUT2D eigenvalue weighted by Gasteiger charge is -2.21. The first-order valence-corrected chi connectivity index (χ1v) is 7.29. The van der Waals surface area contributed by atoms with Crippen LogP contribution in [0.4, 0.5) is 0 Å². The number of hydrogen-bond acceptors (Lipinski definition) is 4. The molecule has 1 rings (SSSR count). The minimum Gasteiger partial charge on any atom is -0.395 e. The van der Waals surface area contributed by atoms with Gasteiger partial charge in [0.05, 0.1) is 13.0 Å². The third kappa shape index (κ3) is 4.15. The summed E-state index contributed by atoms with van der Waals surface area (Å²) >= 11 is 3.15. The van der Waals surface area contributed by atoms with Gasteiger partial charge in [-0.25, -0.2) is 0 Å². The van der Waals surface area contributed by atoms with Crippen LogP contribution in [0, 0.1) is 0 Å². The van der Waals surface area contributed by atoms with E-state index in [1.807, 2.05) is 30.7 Å². The van der Waals surface area contributed by atoms with E-state index < -0.39 is 0 Å². The highest BCUT2D eigenvalue weighted by Crippen LogP contribution is 2.12. The smallest absolute Gasteiger partial charge is 0.225 e. The van der Waals surface area contributed by atoms with Crippen molar-refractivity contribution < 1.29 is 9.90 Å². The van der Waals surface area contributed by atoms with E-state index in [0.717, 1.165) is 4.88 Å². The highest BCUT2D eigenvalue weighted by molar-refractivity contribution is 7.99. The maximum Gasteiger partial charge on any atom is 0.225 e. The van der Waals surface area contributed by atoms with Crippen LogP contribution < -0.4 is 5.32 Å². The Balaban J connectivity index is 2.39. The summed E-state index contributed by atoms with van der Waals surface area (Å²) in [4.78, 5) is 12.7. The fourth-order valence-corrected chi connectivity index (χ4v) is 2.73. The maximum absolute atomic E-state index is 11.7. The molecule has 16 heavy (non-hydrogen) atoms. The molecule has 0 aliphatic carbocycles. The summed E-state index contributed by atoms with van der Waals surface area (Å²) in [5, 5.41) is 14.0. The molecule has 0 saturated heterocycles. The largest absolute Gasteiger partial charge is 0.395 e. The molecule has 0 bridgehead atoms. The van der Waals surface area contributed by atoms with Crippen molar-refractivity contribution in [3.63, 3.8) is 0 Å². The van der Waals surface area contributed by atoms with Crippen molar-refractivity contribution in [1.29, 1.82) is 0 Å². The molecular weight excluding hydrogens is 242 g/mol. The van der Waals surface area contributed by atoms with E-state index in [0.29, 0.717) is 6.42 Å². The molecule has 1 aromatic rings. The fourth-order valence-electron chi connectivity index (χ4n) is 1.41. The van der Waals surface area contributed by atoms with Crippen molar-refractivity contribution in [1.82, 2.24) is 5.32 Å². The molecule has 90 valence electrons. The van der Waals surface area contributed by atoms with Gasteiger partial charge in [-0.2, -0.15) is 11.8 Å². The van der Waals surface area contributed by atoms with Gasteiger partial charge in [-0.15, -0.1) is 11.3 Å². The number of amides is 1. The van der Waals surface area contributed by atoms with Crippen LogP contribution in [-0.4, -0.2) is 35.2 Å². The van der Waals surface area contributed by atoms with Crippen molar-refractivity contribution in [3.05, 3.63) is 22.4 Å². The molecule has 2 N–H and O–H groups in total. The van der Waals surface area contributed by atoms with Gasteiger partial charge in [0.1, 0.15) is 0 Å². The molecule has 0 saturated carbocycles. The molecule has 0 aliphatic rings. The molecule has 1 aromatic heterocycles. The monoisotopic (exact) mass is 259 g/mol. The second-order valence-electron chi connectivity index (χ2n) is 3.57. The number of hydrogen-bond donors (Lipinski definition) is 2. The van der Waals surface area contributed by atoms with Gasteiger partial charge < -0.3 is 10.4 Å². The van der Waals surface area contributed by atoms with Gasteiger partial charge in [-0.1, -0.05) is 6.07 Å². The van der Waals surface area contributed by atoms with E-state index in [1.54, 1.807) is 23.1 Å². The Kier molecular flexibility index (Phi) is 5.87. The summed E-state index contributed by atoms with van der Waals surface area (Å²) < 4.78 is 0. The molecule has 0 aliphatic heterocycles. The number of rotatable bonds is 6. The molecule has 0 aromatic carbocycles. The van der Waals surface area contributed by atoms with Crippen LogP contribution in [0.3, 0.4) is 0 Å². The summed E-state index contributed by atoms with van der Waals surface area (Å²) in [5.41, 5.74) is 0. The van der Waals surface area contributed by atoms with E-state index in [4.69, 9.17) is 5.11 Å². The van der Waals surface area contributed by atoms with Gasteiger partial charge in [-0.05, 0) is 24.6 Å². The quantitative estimate of drug-likeness (QED) is 0.814. The minimum absolute atomic E-state index is 0.00698. The van der Waals surface area contributed by atoms with Gasteiger partial charge in [-0.3, -0.25) is 4.79 Å².